The molecule has 212 valence electrons. The first-order chi connectivity index (χ1) is 18.8. The number of halogens is 2. The van der Waals surface area contributed by atoms with E-state index in [1.54, 1.807) is 48.5 Å². The molecule has 0 aromatic heterocycles. The average Bonchev–Trinajstić information content (AvgIpc) is 2.90. The highest BCUT2D eigenvalue weighted by atomic mass is 35.5. The lowest BCUT2D eigenvalue weighted by molar-refractivity contribution is -0.120. The van der Waals surface area contributed by atoms with Crippen molar-refractivity contribution in [3.05, 3.63) is 93.5 Å². The summed E-state index contributed by atoms with van der Waals surface area (Å²) in [6.07, 6.45) is 1.14. The van der Waals surface area contributed by atoms with E-state index in [0.29, 0.717) is 46.9 Å². The summed E-state index contributed by atoms with van der Waals surface area (Å²) in [5, 5.41) is 6.47. The van der Waals surface area contributed by atoms with E-state index in [2.05, 4.69) is 31.4 Å². The fourth-order valence-electron chi connectivity index (χ4n) is 4.58. The number of nitrogens with zero attached hydrogens (tertiary/aromatic N) is 1. The summed E-state index contributed by atoms with van der Waals surface area (Å²) in [4.78, 5) is 25.9. The Morgan fingerprint density at radius 1 is 0.950 bits per heavy atom. The van der Waals surface area contributed by atoms with Gasteiger partial charge in [-0.15, -0.1) is 0 Å². The molecule has 0 spiro atoms. The van der Waals surface area contributed by atoms with Crippen molar-refractivity contribution in [3.8, 4) is 0 Å². The lowest BCUT2D eigenvalue weighted by Crippen LogP contribution is -2.44. The quantitative estimate of drug-likeness (QED) is 0.314. The standard InChI is InChI=1S/C30H33Cl2N3O4S/c1-30(2,3)23-12-9-20(10-13-23)28(36)33-25-7-4-8-26(17-25)34-29(37)21-6-5-15-35(18-21)40(38,39)19-22-11-14-24(31)16-27(22)32/h4,7-14,16-17,21H,5-6,15,18-19H2,1-3H3,(H,33,36)(H,34,37). The Labute approximate surface area is 245 Å². The Bertz CT molecular complexity index is 1500. The molecule has 3 aromatic rings. The molecular formula is C30H33Cl2N3O4S. The number of anilines is 2. The fourth-order valence-corrected chi connectivity index (χ4v) is 6.78. The first-order valence-electron chi connectivity index (χ1n) is 13.1. The van der Waals surface area contributed by atoms with Crippen molar-refractivity contribution in [1.82, 2.24) is 4.31 Å². The number of piperidine rings is 1. The van der Waals surface area contributed by atoms with Gasteiger partial charge in [-0.1, -0.05) is 68.2 Å². The van der Waals surface area contributed by atoms with Crippen LogP contribution in [0.4, 0.5) is 11.4 Å². The third kappa shape index (κ3) is 7.63. The Hall–Kier alpha value is -2.91. The number of hydrogen-bond donors (Lipinski definition) is 2. The molecular weight excluding hydrogens is 569 g/mol. The van der Waals surface area contributed by atoms with E-state index in [9.17, 15) is 18.0 Å². The molecule has 3 aromatic carbocycles. The summed E-state index contributed by atoms with van der Waals surface area (Å²) in [6, 6.07) is 19.1. The summed E-state index contributed by atoms with van der Waals surface area (Å²) in [6.45, 7) is 6.77. The summed E-state index contributed by atoms with van der Waals surface area (Å²) in [5.74, 6) is -1.30. The first kappa shape index (κ1) is 30.1. The molecule has 1 saturated heterocycles. The van der Waals surface area contributed by atoms with E-state index in [-0.39, 0.29) is 34.5 Å². The zero-order chi connectivity index (χ0) is 29.1. The third-order valence-corrected chi connectivity index (χ3v) is 9.28. The van der Waals surface area contributed by atoms with Crippen LogP contribution in [0, 0.1) is 5.92 Å². The minimum atomic E-state index is -3.69. The molecule has 2 N–H and O–H groups in total. The number of sulfonamides is 1. The maximum atomic E-state index is 13.1. The van der Waals surface area contributed by atoms with Crippen molar-refractivity contribution in [2.75, 3.05) is 23.7 Å². The van der Waals surface area contributed by atoms with Gasteiger partial charge in [0.15, 0.2) is 0 Å². The van der Waals surface area contributed by atoms with Crippen LogP contribution in [0.5, 0.6) is 0 Å². The summed E-state index contributed by atoms with van der Waals surface area (Å²) < 4.78 is 27.6. The fraction of sp³-hybridized carbons (Fsp3) is 0.333. The lowest BCUT2D eigenvalue weighted by atomic mass is 9.87. The Morgan fingerprint density at radius 3 is 2.27 bits per heavy atom. The van der Waals surface area contributed by atoms with Crippen LogP contribution in [-0.2, 0) is 26.0 Å². The molecule has 1 aliphatic rings. The first-order valence-corrected chi connectivity index (χ1v) is 15.4. The highest BCUT2D eigenvalue weighted by Crippen LogP contribution is 2.27. The van der Waals surface area contributed by atoms with Crippen molar-refractivity contribution in [2.45, 2.75) is 44.8 Å². The largest absolute Gasteiger partial charge is 0.326 e. The normalized spacial score (nSPS) is 16.4. The molecule has 0 saturated carbocycles. The van der Waals surface area contributed by atoms with Gasteiger partial charge in [0.25, 0.3) is 5.91 Å². The van der Waals surface area contributed by atoms with Crippen molar-refractivity contribution >= 4 is 56.4 Å². The second-order valence-corrected chi connectivity index (χ2v) is 13.9. The molecule has 0 bridgehead atoms. The second kappa shape index (κ2) is 12.3. The highest BCUT2D eigenvalue weighted by molar-refractivity contribution is 7.88. The van der Waals surface area contributed by atoms with Gasteiger partial charge in [0, 0.05) is 40.1 Å². The third-order valence-electron chi connectivity index (χ3n) is 6.90. The van der Waals surface area contributed by atoms with Crippen LogP contribution in [0.1, 0.15) is 55.1 Å². The zero-order valence-electron chi connectivity index (χ0n) is 22.7. The van der Waals surface area contributed by atoms with E-state index in [1.165, 1.54) is 10.4 Å². The van der Waals surface area contributed by atoms with Crippen LogP contribution in [0.2, 0.25) is 10.0 Å². The molecule has 40 heavy (non-hydrogen) atoms. The molecule has 1 fully saturated rings. The van der Waals surface area contributed by atoms with Crippen molar-refractivity contribution in [3.63, 3.8) is 0 Å². The number of hydrogen-bond acceptors (Lipinski definition) is 4. The molecule has 1 aliphatic heterocycles. The van der Waals surface area contributed by atoms with Crippen LogP contribution in [0.3, 0.4) is 0 Å². The van der Waals surface area contributed by atoms with Crippen LogP contribution in [0.25, 0.3) is 0 Å². The van der Waals surface area contributed by atoms with Crippen LogP contribution < -0.4 is 10.6 Å². The van der Waals surface area contributed by atoms with Gasteiger partial charge in [0.1, 0.15) is 0 Å². The monoisotopic (exact) mass is 601 g/mol. The van der Waals surface area contributed by atoms with Gasteiger partial charge in [-0.3, -0.25) is 9.59 Å². The minimum Gasteiger partial charge on any atom is -0.326 e. The molecule has 1 heterocycles. The van der Waals surface area contributed by atoms with Crippen LogP contribution in [-0.4, -0.2) is 37.6 Å². The number of nitrogens with one attached hydrogen (secondary N) is 2. The van der Waals surface area contributed by atoms with Crippen molar-refractivity contribution in [1.29, 1.82) is 0 Å². The number of benzene rings is 3. The smallest absolute Gasteiger partial charge is 0.255 e. The highest BCUT2D eigenvalue weighted by Gasteiger charge is 2.33. The zero-order valence-corrected chi connectivity index (χ0v) is 25.0. The van der Waals surface area contributed by atoms with E-state index in [0.717, 1.165) is 5.56 Å². The molecule has 0 radical (unpaired) electrons. The van der Waals surface area contributed by atoms with E-state index in [1.807, 2.05) is 12.1 Å². The van der Waals surface area contributed by atoms with E-state index >= 15 is 0 Å². The minimum absolute atomic E-state index is 0.00842. The average molecular weight is 603 g/mol. The van der Waals surface area contributed by atoms with Crippen LogP contribution in [0.15, 0.2) is 66.7 Å². The van der Waals surface area contributed by atoms with Crippen LogP contribution >= 0.6 is 23.2 Å². The maximum Gasteiger partial charge on any atom is 0.255 e. The molecule has 0 aliphatic carbocycles. The summed E-state index contributed by atoms with van der Waals surface area (Å²) >= 11 is 12.1. The predicted molar refractivity (Wildman–Crippen MR) is 162 cm³/mol. The van der Waals surface area contributed by atoms with Gasteiger partial charge in [0.05, 0.1) is 11.7 Å². The number of carbonyl (C=O) groups excluding carboxylic acids is 2. The summed E-state index contributed by atoms with van der Waals surface area (Å²) in [5.41, 5.74) is 3.17. The van der Waals surface area contributed by atoms with Crippen molar-refractivity contribution < 1.29 is 18.0 Å². The lowest BCUT2D eigenvalue weighted by Gasteiger charge is -2.31. The molecule has 1 unspecified atom stereocenters. The number of rotatable bonds is 7. The van der Waals surface area contributed by atoms with Gasteiger partial charge >= 0.3 is 0 Å². The summed E-state index contributed by atoms with van der Waals surface area (Å²) in [7, 11) is -3.69. The maximum absolute atomic E-state index is 13.1. The molecule has 7 nitrogen and oxygen atoms in total. The van der Waals surface area contributed by atoms with Gasteiger partial charge < -0.3 is 10.6 Å². The molecule has 4 rings (SSSR count). The molecule has 1 atom stereocenters. The van der Waals surface area contributed by atoms with Gasteiger partial charge in [0.2, 0.25) is 15.9 Å². The SMILES string of the molecule is CC(C)(C)c1ccc(C(=O)Nc2cccc(NC(=O)C3CCCN(S(=O)(=O)Cc4ccc(Cl)cc4Cl)C3)c2)cc1. The van der Waals surface area contributed by atoms with Gasteiger partial charge in [-0.25, -0.2) is 12.7 Å². The Balaban J connectivity index is 1.37. The van der Waals surface area contributed by atoms with E-state index in [4.69, 9.17) is 23.2 Å². The predicted octanol–water partition coefficient (Wildman–Crippen LogP) is 6.72. The Kier molecular flexibility index (Phi) is 9.25. The topological polar surface area (TPSA) is 95.6 Å². The molecule has 2 amide bonds. The molecule has 10 heteroatoms. The Morgan fingerprint density at radius 2 is 1.62 bits per heavy atom. The van der Waals surface area contributed by atoms with Crippen molar-refractivity contribution in [2.24, 2.45) is 5.92 Å². The number of carbonyl (C=O) groups is 2. The number of amides is 2. The van der Waals surface area contributed by atoms with E-state index < -0.39 is 15.9 Å². The van der Waals surface area contributed by atoms with Gasteiger partial charge in [-0.2, -0.15) is 0 Å². The van der Waals surface area contributed by atoms with Gasteiger partial charge in [-0.05, 0) is 71.8 Å². The second-order valence-electron chi connectivity index (χ2n) is 11.0.